The van der Waals surface area contributed by atoms with E-state index in [0.29, 0.717) is 23.9 Å². The number of aromatic carboxylic acids is 1. The fourth-order valence-corrected chi connectivity index (χ4v) is 4.02. The van der Waals surface area contributed by atoms with Crippen LogP contribution in [0.15, 0.2) is 11.1 Å². The second kappa shape index (κ2) is 6.27. The number of hydrogen-bond donors (Lipinski definition) is 2. The summed E-state index contributed by atoms with van der Waals surface area (Å²) in [5.74, 6) is -0.958. The summed E-state index contributed by atoms with van der Waals surface area (Å²) in [6.45, 7) is 7.91. The van der Waals surface area contributed by atoms with Crippen molar-refractivity contribution in [3.63, 3.8) is 0 Å². The number of carboxylic acids is 1. The van der Waals surface area contributed by atoms with Crippen LogP contribution in [0.1, 0.15) is 35.7 Å². The summed E-state index contributed by atoms with van der Waals surface area (Å²) in [7, 11) is -2.55. The first-order valence-electron chi connectivity index (χ1n) is 7.36. The Balaban J connectivity index is 2.46. The lowest BCUT2D eigenvalue weighted by Crippen LogP contribution is -2.17. The standard InChI is InChI=1S/C14H21N5O4S/c1-8(2)7-19-10(4)13(9(3)16-19)24(22,23)17-11-6-15-18(5)12(11)14(20)21/h6,8,17H,7H2,1-5H3,(H,20,21). The van der Waals surface area contributed by atoms with Crippen molar-refractivity contribution in [2.24, 2.45) is 13.0 Å². The molecule has 0 saturated carbocycles. The second-order valence-electron chi connectivity index (χ2n) is 6.02. The third-order valence-corrected chi connectivity index (χ3v) is 5.12. The molecular weight excluding hydrogens is 334 g/mol. The number of carbonyl (C=O) groups is 1. The molecule has 2 aromatic heterocycles. The average Bonchev–Trinajstić information content (AvgIpc) is 2.89. The summed E-state index contributed by atoms with van der Waals surface area (Å²) in [6.07, 6.45) is 1.17. The first-order chi connectivity index (χ1) is 11.0. The third kappa shape index (κ3) is 3.28. The van der Waals surface area contributed by atoms with Gasteiger partial charge in [0.1, 0.15) is 10.6 Å². The van der Waals surface area contributed by atoms with Gasteiger partial charge in [-0.2, -0.15) is 10.2 Å². The van der Waals surface area contributed by atoms with Crippen LogP contribution >= 0.6 is 0 Å². The van der Waals surface area contributed by atoms with E-state index in [-0.39, 0.29) is 16.3 Å². The number of carboxylic acid groups (broad SMARTS) is 1. The molecule has 9 nitrogen and oxygen atoms in total. The van der Waals surface area contributed by atoms with Crippen molar-refractivity contribution in [2.45, 2.75) is 39.1 Å². The van der Waals surface area contributed by atoms with Gasteiger partial charge in [0.2, 0.25) is 0 Å². The lowest BCUT2D eigenvalue weighted by Gasteiger charge is -2.10. The minimum Gasteiger partial charge on any atom is -0.476 e. The predicted octanol–water partition coefficient (Wildman–Crippen LogP) is 1.39. The van der Waals surface area contributed by atoms with E-state index >= 15 is 0 Å². The zero-order valence-corrected chi connectivity index (χ0v) is 15.0. The van der Waals surface area contributed by atoms with Crippen LogP contribution in [0, 0.1) is 19.8 Å². The highest BCUT2D eigenvalue weighted by Gasteiger charge is 2.27. The molecule has 0 aliphatic rings. The van der Waals surface area contributed by atoms with E-state index in [0.717, 1.165) is 4.68 Å². The van der Waals surface area contributed by atoms with Crippen LogP contribution in [0.4, 0.5) is 5.69 Å². The highest BCUT2D eigenvalue weighted by atomic mass is 32.2. The van der Waals surface area contributed by atoms with Gasteiger partial charge in [-0.05, 0) is 19.8 Å². The molecule has 2 heterocycles. The van der Waals surface area contributed by atoms with Crippen LogP contribution in [0.3, 0.4) is 0 Å². The minimum absolute atomic E-state index is 0.0586. The van der Waals surface area contributed by atoms with E-state index in [2.05, 4.69) is 14.9 Å². The van der Waals surface area contributed by atoms with Crippen LogP contribution in [0.5, 0.6) is 0 Å². The Morgan fingerprint density at radius 1 is 1.38 bits per heavy atom. The van der Waals surface area contributed by atoms with Crippen molar-refractivity contribution in [1.29, 1.82) is 0 Å². The van der Waals surface area contributed by atoms with E-state index in [1.165, 1.54) is 13.2 Å². The molecule has 0 saturated heterocycles. The van der Waals surface area contributed by atoms with E-state index in [4.69, 9.17) is 0 Å². The Morgan fingerprint density at radius 3 is 2.54 bits per heavy atom. The van der Waals surface area contributed by atoms with E-state index in [9.17, 15) is 18.3 Å². The van der Waals surface area contributed by atoms with Crippen molar-refractivity contribution < 1.29 is 18.3 Å². The van der Waals surface area contributed by atoms with Gasteiger partial charge >= 0.3 is 5.97 Å². The van der Waals surface area contributed by atoms with E-state index in [1.807, 2.05) is 13.8 Å². The average molecular weight is 355 g/mol. The summed E-state index contributed by atoms with van der Waals surface area (Å²) in [4.78, 5) is 11.3. The number of hydrogen-bond acceptors (Lipinski definition) is 5. The highest BCUT2D eigenvalue weighted by Crippen LogP contribution is 2.24. The maximum absolute atomic E-state index is 12.7. The van der Waals surface area contributed by atoms with Gasteiger partial charge < -0.3 is 5.11 Å². The Bertz CT molecular complexity index is 879. The van der Waals surface area contributed by atoms with Crippen LogP contribution < -0.4 is 4.72 Å². The fraction of sp³-hybridized carbons (Fsp3) is 0.500. The van der Waals surface area contributed by atoms with Gasteiger partial charge in [0, 0.05) is 13.6 Å². The SMILES string of the molecule is Cc1nn(CC(C)C)c(C)c1S(=O)(=O)Nc1cnn(C)c1C(=O)O. The van der Waals surface area contributed by atoms with Crippen molar-refractivity contribution in [3.8, 4) is 0 Å². The normalized spacial score (nSPS) is 11.9. The molecule has 0 unspecified atom stereocenters. The maximum atomic E-state index is 12.7. The molecule has 0 radical (unpaired) electrons. The van der Waals surface area contributed by atoms with Crippen molar-refractivity contribution in [1.82, 2.24) is 19.6 Å². The molecule has 0 amide bonds. The largest absolute Gasteiger partial charge is 0.476 e. The molecule has 0 bridgehead atoms. The first-order valence-corrected chi connectivity index (χ1v) is 8.85. The number of aromatic nitrogens is 4. The van der Waals surface area contributed by atoms with Gasteiger partial charge in [-0.25, -0.2) is 13.2 Å². The molecule has 132 valence electrons. The monoisotopic (exact) mass is 355 g/mol. The number of rotatable bonds is 6. The maximum Gasteiger partial charge on any atom is 0.356 e. The van der Waals surface area contributed by atoms with E-state index < -0.39 is 16.0 Å². The quantitative estimate of drug-likeness (QED) is 0.808. The Hall–Kier alpha value is -2.36. The Kier molecular flexibility index (Phi) is 4.70. The number of aryl methyl sites for hydroxylation is 2. The zero-order chi connectivity index (χ0) is 18.2. The second-order valence-corrected chi connectivity index (χ2v) is 7.64. The molecule has 0 spiro atoms. The molecule has 2 aromatic rings. The summed E-state index contributed by atoms with van der Waals surface area (Å²) < 4.78 is 30.5. The number of nitrogens with zero attached hydrogens (tertiary/aromatic N) is 4. The van der Waals surface area contributed by atoms with Gasteiger partial charge in [-0.1, -0.05) is 13.8 Å². The van der Waals surface area contributed by atoms with Gasteiger partial charge in [0.25, 0.3) is 10.0 Å². The van der Waals surface area contributed by atoms with Crippen molar-refractivity contribution in [3.05, 3.63) is 23.3 Å². The fourth-order valence-electron chi connectivity index (χ4n) is 2.55. The smallest absolute Gasteiger partial charge is 0.356 e. The molecule has 2 rings (SSSR count). The van der Waals surface area contributed by atoms with Crippen LogP contribution in [-0.2, 0) is 23.6 Å². The number of anilines is 1. The molecule has 2 N–H and O–H groups in total. The summed E-state index contributed by atoms with van der Waals surface area (Å²) in [5.41, 5.74) is 0.555. The van der Waals surface area contributed by atoms with Crippen LogP contribution in [-0.4, -0.2) is 39.1 Å². The Labute approximate surface area is 140 Å². The van der Waals surface area contributed by atoms with Gasteiger partial charge in [-0.15, -0.1) is 0 Å². The summed E-state index contributed by atoms with van der Waals surface area (Å²) in [6, 6.07) is 0. The van der Waals surface area contributed by atoms with Crippen molar-refractivity contribution in [2.75, 3.05) is 4.72 Å². The Morgan fingerprint density at radius 2 is 2.00 bits per heavy atom. The van der Waals surface area contributed by atoms with Crippen LogP contribution in [0.2, 0.25) is 0 Å². The van der Waals surface area contributed by atoms with Crippen LogP contribution in [0.25, 0.3) is 0 Å². The number of nitrogens with one attached hydrogen (secondary N) is 1. The van der Waals surface area contributed by atoms with Crippen molar-refractivity contribution >= 4 is 21.7 Å². The molecule has 0 fully saturated rings. The lowest BCUT2D eigenvalue weighted by molar-refractivity contribution is 0.0686. The lowest BCUT2D eigenvalue weighted by atomic mass is 10.2. The van der Waals surface area contributed by atoms with Gasteiger partial charge in [-0.3, -0.25) is 14.1 Å². The molecule has 0 aliphatic heterocycles. The summed E-state index contributed by atoms with van der Waals surface area (Å²) >= 11 is 0. The third-order valence-electron chi connectivity index (χ3n) is 3.51. The molecule has 0 atom stereocenters. The van der Waals surface area contributed by atoms with Gasteiger partial charge in [0.15, 0.2) is 5.69 Å². The van der Waals surface area contributed by atoms with Gasteiger partial charge in [0.05, 0.1) is 17.6 Å². The first kappa shape index (κ1) is 18.0. The zero-order valence-electron chi connectivity index (χ0n) is 14.2. The predicted molar refractivity (Wildman–Crippen MR) is 87.5 cm³/mol. The molecule has 0 aromatic carbocycles. The molecular formula is C14H21N5O4S. The topological polar surface area (TPSA) is 119 Å². The molecule has 24 heavy (non-hydrogen) atoms. The van der Waals surface area contributed by atoms with E-state index in [1.54, 1.807) is 18.5 Å². The minimum atomic E-state index is -3.98. The molecule has 10 heteroatoms. The molecule has 0 aliphatic carbocycles. The highest BCUT2D eigenvalue weighted by molar-refractivity contribution is 7.92. The summed E-state index contributed by atoms with van der Waals surface area (Å²) in [5, 5.41) is 17.3. The number of sulfonamides is 1.